The third-order valence-electron chi connectivity index (χ3n) is 2.06. The SMILES string of the molecule is CCCOC(=O)C(CCC)CCC.[PbH2]. The fraction of sp³-hybridized carbons (Fsp3) is 0.909. The van der Waals surface area contributed by atoms with E-state index < -0.39 is 0 Å². The molecule has 0 aromatic carbocycles. The molecule has 84 valence electrons. The Balaban J connectivity index is 0. The van der Waals surface area contributed by atoms with Crippen LogP contribution in [0.3, 0.4) is 0 Å². The van der Waals surface area contributed by atoms with E-state index in [9.17, 15) is 4.79 Å². The first-order valence-corrected chi connectivity index (χ1v) is 5.42. The first-order valence-electron chi connectivity index (χ1n) is 5.42. The molecule has 0 aliphatic heterocycles. The Labute approximate surface area is 108 Å². The van der Waals surface area contributed by atoms with E-state index in [4.69, 9.17) is 4.74 Å². The summed E-state index contributed by atoms with van der Waals surface area (Å²) in [5.41, 5.74) is 0. The molecular formula is C11H24O2Pb. The summed E-state index contributed by atoms with van der Waals surface area (Å²) < 4.78 is 5.12. The molecule has 3 heteroatoms. The average Bonchev–Trinajstić information content (AvgIpc) is 2.14. The van der Waals surface area contributed by atoms with Crippen LogP contribution in [0.15, 0.2) is 0 Å². The van der Waals surface area contributed by atoms with Gasteiger partial charge >= 0.3 is 33.3 Å². The molecule has 0 unspecified atom stereocenters. The Morgan fingerprint density at radius 1 is 1.07 bits per heavy atom. The van der Waals surface area contributed by atoms with Crippen molar-refractivity contribution >= 4 is 33.3 Å². The van der Waals surface area contributed by atoms with Crippen LogP contribution in [0.2, 0.25) is 0 Å². The third kappa shape index (κ3) is 7.76. The monoisotopic (exact) mass is 396 g/mol. The standard InChI is InChI=1S/C11H22O2.Pb.2H/c1-4-7-10(8-5-2)11(12)13-9-6-3;;;/h10H,4-9H2,1-3H3;;;. The van der Waals surface area contributed by atoms with Crippen LogP contribution in [0.25, 0.3) is 0 Å². The minimum atomic E-state index is 0. The van der Waals surface area contributed by atoms with Crippen LogP contribution in [-0.4, -0.2) is 39.9 Å². The van der Waals surface area contributed by atoms with Crippen molar-refractivity contribution in [3.8, 4) is 0 Å². The molecule has 0 saturated carbocycles. The van der Waals surface area contributed by atoms with Crippen LogP contribution in [-0.2, 0) is 9.53 Å². The van der Waals surface area contributed by atoms with Gasteiger partial charge in [-0.3, -0.25) is 4.79 Å². The fourth-order valence-electron chi connectivity index (χ4n) is 1.40. The van der Waals surface area contributed by atoms with Crippen LogP contribution in [0, 0.1) is 5.92 Å². The van der Waals surface area contributed by atoms with Crippen LogP contribution in [0.1, 0.15) is 52.9 Å². The second-order valence-corrected chi connectivity index (χ2v) is 3.44. The van der Waals surface area contributed by atoms with Gasteiger partial charge in [0.2, 0.25) is 0 Å². The van der Waals surface area contributed by atoms with Crippen LogP contribution in [0.4, 0.5) is 0 Å². The molecule has 0 aromatic heterocycles. The van der Waals surface area contributed by atoms with E-state index >= 15 is 0 Å². The predicted molar refractivity (Wildman–Crippen MR) is 63.1 cm³/mol. The van der Waals surface area contributed by atoms with Crippen molar-refractivity contribution in [3.63, 3.8) is 0 Å². The second kappa shape index (κ2) is 11.5. The second-order valence-electron chi connectivity index (χ2n) is 3.44. The Morgan fingerprint density at radius 3 is 1.93 bits per heavy atom. The van der Waals surface area contributed by atoms with Gasteiger partial charge in [-0.05, 0) is 19.3 Å². The predicted octanol–water partition coefficient (Wildman–Crippen LogP) is 2.24. The molecule has 0 bridgehead atoms. The van der Waals surface area contributed by atoms with Crippen molar-refractivity contribution in [2.75, 3.05) is 6.61 Å². The molecule has 0 aliphatic carbocycles. The molecule has 0 aromatic rings. The number of ether oxygens (including phenoxy) is 1. The van der Waals surface area contributed by atoms with E-state index in [0.717, 1.165) is 32.1 Å². The normalized spacial score (nSPS) is 9.71. The summed E-state index contributed by atoms with van der Waals surface area (Å²) >= 11 is 0. The van der Waals surface area contributed by atoms with Gasteiger partial charge in [0, 0.05) is 0 Å². The zero-order valence-corrected chi connectivity index (χ0v) is 15.3. The van der Waals surface area contributed by atoms with Crippen molar-refractivity contribution in [1.29, 1.82) is 0 Å². The van der Waals surface area contributed by atoms with Crippen molar-refractivity contribution < 1.29 is 9.53 Å². The minimum absolute atomic E-state index is 0. The van der Waals surface area contributed by atoms with Gasteiger partial charge in [-0.15, -0.1) is 0 Å². The molecule has 0 aliphatic rings. The van der Waals surface area contributed by atoms with Gasteiger partial charge in [0.1, 0.15) is 0 Å². The van der Waals surface area contributed by atoms with Gasteiger partial charge in [-0.2, -0.15) is 0 Å². The third-order valence-corrected chi connectivity index (χ3v) is 2.06. The quantitative estimate of drug-likeness (QED) is 0.488. The summed E-state index contributed by atoms with van der Waals surface area (Å²) in [5, 5.41) is 0. The van der Waals surface area contributed by atoms with Gasteiger partial charge < -0.3 is 4.74 Å². The molecule has 0 heterocycles. The maximum absolute atomic E-state index is 11.5. The van der Waals surface area contributed by atoms with E-state index in [0.29, 0.717) is 6.61 Å². The maximum atomic E-state index is 11.5. The summed E-state index contributed by atoms with van der Waals surface area (Å²) in [5.74, 6) is 0.145. The topological polar surface area (TPSA) is 26.3 Å². The summed E-state index contributed by atoms with van der Waals surface area (Å²) in [6, 6.07) is 0. The zero-order chi connectivity index (χ0) is 10.1. The zero-order valence-electron chi connectivity index (χ0n) is 9.84. The molecule has 0 rings (SSSR count). The average molecular weight is 396 g/mol. The molecule has 0 N–H and O–H groups in total. The molecule has 0 saturated heterocycles. The molecule has 14 heavy (non-hydrogen) atoms. The van der Waals surface area contributed by atoms with Gasteiger partial charge in [-0.1, -0.05) is 33.6 Å². The number of hydrogen-bond acceptors (Lipinski definition) is 2. The fourth-order valence-corrected chi connectivity index (χ4v) is 1.40. The van der Waals surface area contributed by atoms with Gasteiger partial charge in [0.15, 0.2) is 0 Å². The number of carbonyl (C=O) groups is 1. The number of rotatable bonds is 7. The molecule has 2 nitrogen and oxygen atoms in total. The van der Waals surface area contributed by atoms with Gasteiger partial charge in [-0.25, -0.2) is 0 Å². The Morgan fingerprint density at radius 2 is 1.57 bits per heavy atom. The first-order chi connectivity index (χ1) is 6.26. The molecule has 0 amide bonds. The molecule has 0 fully saturated rings. The van der Waals surface area contributed by atoms with Gasteiger partial charge in [0.05, 0.1) is 12.5 Å². The van der Waals surface area contributed by atoms with Crippen LogP contribution in [0.5, 0.6) is 0 Å². The van der Waals surface area contributed by atoms with E-state index in [-0.39, 0.29) is 39.2 Å². The number of hydrogen-bond donors (Lipinski definition) is 0. The van der Waals surface area contributed by atoms with Crippen molar-refractivity contribution in [3.05, 3.63) is 0 Å². The Hall–Kier alpha value is 0.392. The van der Waals surface area contributed by atoms with E-state index in [2.05, 4.69) is 13.8 Å². The molecular weight excluding hydrogens is 371 g/mol. The summed E-state index contributed by atoms with van der Waals surface area (Å²) in [4.78, 5) is 11.5. The van der Waals surface area contributed by atoms with Gasteiger partial charge in [0.25, 0.3) is 0 Å². The first kappa shape index (κ1) is 16.8. The van der Waals surface area contributed by atoms with E-state index in [1.54, 1.807) is 0 Å². The molecule has 0 spiro atoms. The van der Waals surface area contributed by atoms with Crippen LogP contribution >= 0.6 is 0 Å². The van der Waals surface area contributed by atoms with Crippen molar-refractivity contribution in [2.24, 2.45) is 5.92 Å². The molecule has 0 atom stereocenters. The number of carbonyl (C=O) groups excluding carboxylic acids is 1. The Kier molecular flexibility index (Phi) is 13.8. The molecule has 2 radical (unpaired) electrons. The van der Waals surface area contributed by atoms with E-state index in [1.807, 2.05) is 6.92 Å². The Bertz CT molecular complexity index is 131. The number of esters is 1. The van der Waals surface area contributed by atoms with Crippen molar-refractivity contribution in [1.82, 2.24) is 0 Å². The van der Waals surface area contributed by atoms with Crippen molar-refractivity contribution in [2.45, 2.75) is 52.9 Å². The van der Waals surface area contributed by atoms with Crippen LogP contribution < -0.4 is 0 Å². The van der Waals surface area contributed by atoms with E-state index in [1.165, 1.54) is 0 Å². The summed E-state index contributed by atoms with van der Waals surface area (Å²) in [7, 11) is 0. The summed E-state index contributed by atoms with van der Waals surface area (Å²) in [6.45, 7) is 6.80. The summed E-state index contributed by atoms with van der Waals surface area (Å²) in [6.07, 6.45) is 4.97.